The van der Waals surface area contributed by atoms with Gasteiger partial charge in [0.2, 0.25) is 5.95 Å². The fourth-order valence-electron chi connectivity index (χ4n) is 2.50. The van der Waals surface area contributed by atoms with E-state index in [1.807, 2.05) is 6.92 Å². The number of nitrogens with zero attached hydrogens (tertiary/aromatic N) is 4. The lowest BCUT2D eigenvalue weighted by molar-refractivity contribution is 0.318. The van der Waals surface area contributed by atoms with E-state index in [1.54, 1.807) is 6.07 Å². The Bertz CT molecular complexity index is 512. The van der Waals surface area contributed by atoms with Crippen LogP contribution in [0.15, 0.2) is 11.2 Å². The van der Waals surface area contributed by atoms with Crippen LogP contribution in [0.4, 0.5) is 5.95 Å². The molecule has 0 aliphatic carbocycles. The molecule has 0 radical (unpaired) electrons. The lowest BCUT2D eigenvalue weighted by Gasteiger charge is -2.23. The molecule has 3 N–H and O–H groups in total. The number of hydrogen-bond acceptors (Lipinski definition) is 5. The Balaban J connectivity index is 2.26. The Labute approximate surface area is 119 Å². The third kappa shape index (κ3) is 3.37. The summed E-state index contributed by atoms with van der Waals surface area (Å²) in [6, 6.07) is 1.72. The van der Waals surface area contributed by atoms with Gasteiger partial charge in [-0.25, -0.2) is 9.97 Å². The zero-order valence-electron chi connectivity index (χ0n) is 12.4. The molecule has 6 nitrogen and oxygen atoms in total. The van der Waals surface area contributed by atoms with Crippen LogP contribution in [0.1, 0.15) is 44.5 Å². The maximum atomic E-state index is 8.78. The molecular formula is C14H23N5O. The van der Waals surface area contributed by atoms with Gasteiger partial charge in [0, 0.05) is 18.8 Å². The highest BCUT2D eigenvalue weighted by Crippen LogP contribution is 2.30. The minimum Gasteiger partial charge on any atom is -0.409 e. The third-order valence-corrected chi connectivity index (χ3v) is 3.84. The van der Waals surface area contributed by atoms with Crippen LogP contribution in [0.2, 0.25) is 0 Å². The molecule has 0 aromatic carbocycles. The average molecular weight is 277 g/mol. The highest BCUT2D eigenvalue weighted by Gasteiger charge is 2.24. The van der Waals surface area contributed by atoms with E-state index in [2.05, 4.69) is 33.9 Å². The fourth-order valence-corrected chi connectivity index (χ4v) is 2.50. The molecule has 1 aliphatic heterocycles. The van der Waals surface area contributed by atoms with Crippen molar-refractivity contribution in [3.8, 4) is 0 Å². The van der Waals surface area contributed by atoms with Gasteiger partial charge in [0.25, 0.3) is 0 Å². The SMILES string of the molecule is Cc1cc(/C(N)=N/O)nc(N2CCCC(C)(C)CC2)n1. The summed E-state index contributed by atoms with van der Waals surface area (Å²) in [7, 11) is 0. The first-order chi connectivity index (χ1) is 9.41. The van der Waals surface area contributed by atoms with Gasteiger partial charge in [0.1, 0.15) is 5.69 Å². The Hall–Kier alpha value is -1.85. The molecule has 1 saturated heterocycles. The predicted molar refractivity (Wildman–Crippen MR) is 79.1 cm³/mol. The maximum Gasteiger partial charge on any atom is 0.226 e. The number of aryl methyl sites for hydroxylation is 1. The topological polar surface area (TPSA) is 87.6 Å². The monoisotopic (exact) mass is 277 g/mol. The molecular weight excluding hydrogens is 254 g/mol. The molecule has 110 valence electrons. The highest BCUT2D eigenvalue weighted by molar-refractivity contribution is 5.95. The van der Waals surface area contributed by atoms with Gasteiger partial charge in [-0.3, -0.25) is 0 Å². The first-order valence-corrected chi connectivity index (χ1v) is 7.00. The van der Waals surface area contributed by atoms with Gasteiger partial charge in [-0.05, 0) is 37.7 Å². The van der Waals surface area contributed by atoms with Crippen molar-refractivity contribution in [2.24, 2.45) is 16.3 Å². The van der Waals surface area contributed by atoms with Crippen LogP contribution in [0.3, 0.4) is 0 Å². The number of oxime groups is 1. The third-order valence-electron chi connectivity index (χ3n) is 3.84. The van der Waals surface area contributed by atoms with Crippen molar-refractivity contribution in [3.05, 3.63) is 17.5 Å². The van der Waals surface area contributed by atoms with Crippen LogP contribution in [-0.4, -0.2) is 34.1 Å². The van der Waals surface area contributed by atoms with E-state index in [9.17, 15) is 0 Å². The molecule has 2 heterocycles. The summed E-state index contributed by atoms with van der Waals surface area (Å²) >= 11 is 0. The van der Waals surface area contributed by atoms with Gasteiger partial charge in [-0.2, -0.15) is 0 Å². The van der Waals surface area contributed by atoms with Crippen LogP contribution in [0.25, 0.3) is 0 Å². The number of hydrogen-bond donors (Lipinski definition) is 2. The number of aromatic nitrogens is 2. The molecule has 1 aromatic rings. The normalized spacial score (nSPS) is 19.8. The molecule has 1 fully saturated rings. The Morgan fingerprint density at radius 2 is 2.10 bits per heavy atom. The van der Waals surface area contributed by atoms with Crippen LogP contribution >= 0.6 is 0 Å². The van der Waals surface area contributed by atoms with Gasteiger partial charge in [0.15, 0.2) is 5.84 Å². The second-order valence-electron chi connectivity index (χ2n) is 6.18. The number of nitrogens with two attached hydrogens (primary N) is 1. The summed E-state index contributed by atoms with van der Waals surface area (Å²) in [5, 5.41) is 11.8. The first kappa shape index (κ1) is 14.6. The highest BCUT2D eigenvalue weighted by atomic mass is 16.4. The zero-order valence-corrected chi connectivity index (χ0v) is 12.4. The van der Waals surface area contributed by atoms with E-state index >= 15 is 0 Å². The molecule has 0 saturated carbocycles. The van der Waals surface area contributed by atoms with E-state index in [4.69, 9.17) is 10.9 Å². The average Bonchev–Trinajstić information content (AvgIpc) is 2.58. The molecule has 0 spiro atoms. The summed E-state index contributed by atoms with van der Waals surface area (Å²) in [6.07, 6.45) is 3.45. The first-order valence-electron chi connectivity index (χ1n) is 7.00. The molecule has 20 heavy (non-hydrogen) atoms. The minimum atomic E-state index is 0.0203. The second-order valence-corrected chi connectivity index (χ2v) is 6.18. The van der Waals surface area contributed by atoms with E-state index in [-0.39, 0.29) is 5.84 Å². The van der Waals surface area contributed by atoms with Crippen molar-refractivity contribution < 1.29 is 5.21 Å². The van der Waals surface area contributed by atoms with E-state index in [1.165, 1.54) is 6.42 Å². The van der Waals surface area contributed by atoms with Gasteiger partial charge in [-0.1, -0.05) is 19.0 Å². The van der Waals surface area contributed by atoms with E-state index in [0.29, 0.717) is 17.1 Å². The van der Waals surface area contributed by atoms with Crippen LogP contribution < -0.4 is 10.6 Å². The Morgan fingerprint density at radius 1 is 1.35 bits per heavy atom. The maximum absolute atomic E-state index is 8.78. The van der Waals surface area contributed by atoms with Gasteiger partial charge < -0.3 is 15.8 Å². The predicted octanol–water partition coefficient (Wildman–Crippen LogP) is 1.90. The summed E-state index contributed by atoms with van der Waals surface area (Å²) in [4.78, 5) is 11.1. The largest absolute Gasteiger partial charge is 0.409 e. The van der Waals surface area contributed by atoms with Gasteiger partial charge in [-0.15, -0.1) is 0 Å². The van der Waals surface area contributed by atoms with Crippen molar-refractivity contribution in [1.29, 1.82) is 0 Å². The molecule has 1 aliphatic rings. The molecule has 6 heteroatoms. The Kier molecular flexibility index (Phi) is 4.11. The summed E-state index contributed by atoms with van der Waals surface area (Å²) in [5.41, 5.74) is 7.29. The van der Waals surface area contributed by atoms with Gasteiger partial charge in [0.05, 0.1) is 0 Å². The fraction of sp³-hybridized carbons (Fsp3) is 0.643. The number of amidine groups is 1. The lowest BCUT2D eigenvalue weighted by atomic mass is 9.85. The number of anilines is 1. The van der Waals surface area contributed by atoms with Crippen molar-refractivity contribution in [3.63, 3.8) is 0 Å². The summed E-state index contributed by atoms with van der Waals surface area (Å²) in [5.74, 6) is 0.691. The van der Waals surface area contributed by atoms with Crippen molar-refractivity contribution in [2.75, 3.05) is 18.0 Å². The molecule has 1 aromatic heterocycles. The zero-order chi connectivity index (χ0) is 14.8. The van der Waals surface area contributed by atoms with Crippen molar-refractivity contribution >= 4 is 11.8 Å². The quantitative estimate of drug-likeness (QED) is 0.373. The molecule has 0 bridgehead atoms. The van der Waals surface area contributed by atoms with Crippen molar-refractivity contribution in [2.45, 2.75) is 40.0 Å². The molecule has 0 atom stereocenters. The van der Waals surface area contributed by atoms with Crippen LogP contribution in [-0.2, 0) is 0 Å². The van der Waals surface area contributed by atoms with Crippen molar-refractivity contribution in [1.82, 2.24) is 9.97 Å². The minimum absolute atomic E-state index is 0.0203. The standard InChI is InChI=1S/C14H23N5O/c1-10-9-11(12(15)18-20)17-13(16-10)19-7-4-5-14(2,3)6-8-19/h9,20H,4-8H2,1-3H3,(H2,15,18). The molecule has 0 amide bonds. The summed E-state index contributed by atoms with van der Waals surface area (Å²) < 4.78 is 0. The second kappa shape index (κ2) is 5.64. The lowest BCUT2D eigenvalue weighted by Crippen LogP contribution is -2.28. The van der Waals surface area contributed by atoms with Gasteiger partial charge >= 0.3 is 0 Å². The smallest absolute Gasteiger partial charge is 0.226 e. The van der Waals surface area contributed by atoms with Crippen LogP contribution in [0.5, 0.6) is 0 Å². The molecule has 0 unspecified atom stereocenters. The van der Waals surface area contributed by atoms with E-state index < -0.39 is 0 Å². The number of rotatable bonds is 2. The summed E-state index contributed by atoms with van der Waals surface area (Å²) in [6.45, 7) is 8.38. The Morgan fingerprint density at radius 3 is 2.80 bits per heavy atom. The van der Waals surface area contributed by atoms with Crippen LogP contribution in [0, 0.1) is 12.3 Å². The van der Waals surface area contributed by atoms with E-state index in [0.717, 1.165) is 31.6 Å². The molecule has 2 rings (SSSR count).